The van der Waals surface area contributed by atoms with E-state index in [0.717, 1.165) is 0 Å². The lowest BCUT2D eigenvalue weighted by Gasteiger charge is -2.21. The van der Waals surface area contributed by atoms with E-state index in [1.165, 1.54) is 0 Å². The zero-order valence-electron chi connectivity index (χ0n) is 29.3. The lowest BCUT2D eigenvalue weighted by Crippen LogP contribution is -2.32. The van der Waals surface area contributed by atoms with Crippen LogP contribution in [0.3, 0.4) is 0 Å². The predicted octanol–water partition coefficient (Wildman–Crippen LogP) is 2.22. The minimum Gasteiger partial charge on any atom is -0.460 e. The largest absolute Gasteiger partial charge is 0.460 e. The molecule has 0 aliphatic carbocycles. The number of carbonyl (C=O) groups is 2. The summed E-state index contributed by atoms with van der Waals surface area (Å²) in [5.74, 6) is -0.548. The summed E-state index contributed by atoms with van der Waals surface area (Å²) in [6.07, 6.45) is 1.09. The van der Waals surface area contributed by atoms with Crippen LogP contribution in [0.4, 0.5) is 0 Å². The molecule has 46 heavy (non-hydrogen) atoms. The van der Waals surface area contributed by atoms with Gasteiger partial charge in [0, 0.05) is 19.7 Å². The lowest BCUT2D eigenvalue weighted by atomic mass is 10.2. The summed E-state index contributed by atoms with van der Waals surface area (Å²) in [5, 5.41) is 9.18. The van der Waals surface area contributed by atoms with E-state index in [1.807, 2.05) is 41.5 Å². The highest BCUT2D eigenvalue weighted by molar-refractivity contribution is 5.70. The second kappa shape index (κ2) is 29.7. The third-order valence-corrected chi connectivity index (χ3v) is 5.43. The maximum absolute atomic E-state index is 11.6. The first kappa shape index (κ1) is 44.5. The number of aliphatic hydroxyl groups excluding tert-OH is 1. The minimum atomic E-state index is -0.485. The van der Waals surface area contributed by atoms with E-state index in [-0.39, 0.29) is 31.4 Å². The molecule has 1 N–H and O–H groups in total. The highest BCUT2D eigenvalue weighted by Crippen LogP contribution is 2.09. The Morgan fingerprint density at radius 3 is 1.15 bits per heavy atom. The Hall–Kier alpha value is -1.46. The van der Waals surface area contributed by atoms with Gasteiger partial charge in [0.25, 0.3) is 0 Å². The average molecular weight is 670 g/mol. The van der Waals surface area contributed by atoms with Gasteiger partial charge < -0.3 is 52.5 Å². The first-order valence-electron chi connectivity index (χ1n) is 16.3. The zero-order chi connectivity index (χ0) is 34.4. The molecule has 0 rings (SSSR count). The number of ether oxygens (including phenoxy) is 10. The molecule has 0 saturated heterocycles. The topological polar surface area (TPSA) is 150 Å². The van der Waals surface area contributed by atoms with Crippen molar-refractivity contribution in [3.05, 3.63) is 0 Å². The van der Waals surface area contributed by atoms with Crippen molar-refractivity contribution >= 4 is 11.9 Å². The molecule has 0 bridgehead atoms. The SMILES string of the molecule is CC(C)(C)OC(=O)CCOCCOCCOCCOCCN(CCCO)COCCOCCOCCOCCC(=O)OC(C)(C)C. The Morgan fingerprint density at radius 2 is 0.804 bits per heavy atom. The van der Waals surface area contributed by atoms with Crippen molar-refractivity contribution in [2.24, 2.45) is 0 Å². The highest BCUT2D eigenvalue weighted by atomic mass is 16.6. The molecule has 0 spiro atoms. The quantitative estimate of drug-likeness (QED) is 0.0634. The Bertz CT molecular complexity index is 713. The second-order valence-electron chi connectivity index (χ2n) is 12.2. The molecule has 0 aliphatic heterocycles. The second-order valence-corrected chi connectivity index (χ2v) is 12.2. The molecule has 0 aromatic heterocycles. The van der Waals surface area contributed by atoms with Crippen molar-refractivity contribution in [1.82, 2.24) is 4.90 Å². The number of carbonyl (C=O) groups excluding carboxylic acids is 2. The molecule has 0 fully saturated rings. The van der Waals surface area contributed by atoms with Gasteiger partial charge in [0.2, 0.25) is 0 Å². The highest BCUT2D eigenvalue weighted by Gasteiger charge is 2.16. The summed E-state index contributed by atoms with van der Waals surface area (Å²) in [6, 6.07) is 0. The van der Waals surface area contributed by atoms with Crippen molar-refractivity contribution in [3.8, 4) is 0 Å². The maximum Gasteiger partial charge on any atom is 0.308 e. The molecule has 0 amide bonds. The molecule has 0 aromatic rings. The van der Waals surface area contributed by atoms with Gasteiger partial charge in [0.1, 0.15) is 11.2 Å². The Balaban J connectivity index is 3.56. The van der Waals surface area contributed by atoms with Gasteiger partial charge in [0.15, 0.2) is 0 Å². The van der Waals surface area contributed by atoms with E-state index in [4.69, 9.17) is 47.4 Å². The summed E-state index contributed by atoms with van der Waals surface area (Å²) < 4.78 is 54.5. The predicted molar refractivity (Wildman–Crippen MR) is 171 cm³/mol. The van der Waals surface area contributed by atoms with Crippen LogP contribution in [-0.2, 0) is 57.0 Å². The fourth-order valence-corrected chi connectivity index (χ4v) is 3.44. The van der Waals surface area contributed by atoms with Gasteiger partial charge in [-0.2, -0.15) is 0 Å². The summed E-state index contributed by atoms with van der Waals surface area (Å²) in [7, 11) is 0. The maximum atomic E-state index is 11.6. The van der Waals surface area contributed by atoms with Gasteiger partial charge in [0.05, 0.1) is 119 Å². The normalized spacial score (nSPS) is 12.2. The van der Waals surface area contributed by atoms with Crippen molar-refractivity contribution < 1.29 is 62.1 Å². The number of rotatable bonds is 32. The van der Waals surface area contributed by atoms with E-state index in [1.54, 1.807) is 0 Å². The molecule has 0 aliphatic rings. The number of hydrogen-bond acceptors (Lipinski definition) is 14. The lowest BCUT2D eigenvalue weighted by molar-refractivity contribution is -0.157. The van der Waals surface area contributed by atoms with Gasteiger partial charge in [-0.25, -0.2) is 0 Å². The third-order valence-electron chi connectivity index (χ3n) is 5.43. The molecule has 274 valence electrons. The Kier molecular flexibility index (Phi) is 28.7. The van der Waals surface area contributed by atoms with Gasteiger partial charge in [-0.3, -0.25) is 14.5 Å². The van der Waals surface area contributed by atoms with E-state index in [2.05, 4.69) is 4.90 Å². The average Bonchev–Trinajstić information content (AvgIpc) is 2.96. The number of hydrogen-bond donors (Lipinski definition) is 1. The van der Waals surface area contributed by atoms with E-state index < -0.39 is 11.2 Å². The first-order chi connectivity index (χ1) is 21.9. The van der Waals surface area contributed by atoms with Crippen LogP contribution in [-0.4, -0.2) is 159 Å². The number of esters is 2. The number of nitrogens with zero attached hydrogens (tertiary/aromatic N) is 1. The Morgan fingerprint density at radius 1 is 0.478 bits per heavy atom. The number of aliphatic hydroxyl groups is 1. The summed E-state index contributed by atoms with van der Waals surface area (Å²) in [6.45, 7) is 19.3. The van der Waals surface area contributed by atoms with Gasteiger partial charge in [-0.05, 0) is 48.0 Å². The monoisotopic (exact) mass is 669 g/mol. The molecule has 0 saturated carbocycles. The zero-order valence-corrected chi connectivity index (χ0v) is 29.3. The van der Waals surface area contributed by atoms with Crippen molar-refractivity contribution in [1.29, 1.82) is 0 Å². The smallest absolute Gasteiger partial charge is 0.308 e. The fourth-order valence-electron chi connectivity index (χ4n) is 3.44. The molecule has 14 heteroatoms. The van der Waals surface area contributed by atoms with Crippen LogP contribution < -0.4 is 0 Å². The molecule has 0 radical (unpaired) electrons. The molecular formula is C32H63NO13. The fraction of sp³-hybridized carbons (Fsp3) is 0.938. The molecule has 0 aromatic carbocycles. The summed E-state index contributed by atoms with van der Waals surface area (Å²) in [5.41, 5.74) is -0.969. The first-order valence-corrected chi connectivity index (χ1v) is 16.3. The van der Waals surface area contributed by atoms with Crippen LogP contribution in [0.15, 0.2) is 0 Å². The van der Waals surface area contributed by atoms with Crippen LogP contribution >= 0.6 is 0 Å². The van der Waals surface area contributed by atoms with E-state index in [0.29, 0.717) is 125 Å². The summed E-state index contributed by atoms with van der Waals surface area (Å²) >= 11 is 0. The van der Waals surface area contributed by atoms with Crippen LogP contribution in [0.1, 0.15) is 60.8 Å². The van der Waals surface area contributed by atoms with Crippen LogP contribution in [0.25, 0.3) is 0 Å². The van der Waals surface area contributed by atoms with Crippen molar-refractivity contribution in [2.45, 2.75) is 72.0 Å². The standard InChI is InChI=1S/C32H63NO13/c1-31(2,3)45-29(35)8-13-37-16-19-40-22-23-42-21-18-39-15-11-33(10-7-12-34)28-44-27-26-43-25-24-41-20-17-38-14-9-30(36)46-32(4,5)6/h34H,7-28H2,1-6H3. The van der Waals surface area contributed by atoms with E-state index >= 15 is 0 Å². The Labute approximate surface area is 276 Å². The van der Waals surface area contributed by atoms with Gasteiger partial charge >= 0.3 is 11.9 Å². The van der Waals surface area contributed by atoms with Crippen LogP contribution in [0.2, 0.25) is 0 Å². The molecule has 0 unspecified atom stereocenters. The van der Waals surface area contributed by atoms with Gasteiger partial charge in [-0.1, -0.05) is 0 Å². The molecule has 0 heterocycles. The van der Waals surface area contributed by atoms with Crippen molar-refractivity contribution in [2.75, 3.05) is 126 Å². The minimum absolute atomic E-state index is 0.114. The third kappa shape index (κ3) is 35.4. The molecular weight excluding hydrogens is 606 g/mol. The van der Waals surface area contributed by atoms with E-state index in [9.17, 15) is 14.7 Å². The molecule has 0 atom stereocenters. The van der Waals surface area contributed by atoms with Crippen LogP contribution in [0, 0.1) is 0 Å². The van der Waals surface area contributed by atoms with Crippen molar-refractivity contribution in [3.63, 3.8) is 0 Å². The van der Waals surface area contributed by atoms with Gasteiger partial charge in [-0.15, -0.1) is 0 Å². The summed E-state index contributed by atoms with van der Waals surface area (Å²) in [4.78, 5) is 25.3. The van der Waals surface area contributed by atoms with Crippen LogP contribution in [0.5, 0.6) is 0 Å². The molecule has 14 nitrogen and oxygen atoms in total.